The average molecular weight is 606 g/mol. The molecule has 6 rings (SSSR count). The summed E-state index contributed by atoms with van der Waals surface area (Å²) in [4.78, 5) is 41.5. The minimum Gasteiger partial charge on any atom is -0.358 e. The second-order valence-electron chi connectivity index (χ2n) is 14.2. The molecule has 1 aliphatic heterocycles. The molecule has 2 aromatic heterocycles. The predicted octanol–water partition coefficient (Wildman–Crippen LogP) is 7.06. The maximum Gasteiger partial charge on any atom is 0.250 e. The van der Waals surface area contributed by atoms with Crippen LogP contribution in [0.5, 0.6) is 0 Å². The molecule has 1 saturated heterocycles. The lowest BCUT2D eigenvalue weighted by molar-refractivity contribution is -0.150. The lowest BCUT2D eigenvalue weighted by atomic mass is 9.83. The summed E-state index contributed by atoms with van der Waals surface area (Å²) in [6.45, 7) is 14.7. The zero-order chi connectivity index (χ0) is 32.1. The molecule has 0 spiro atoms. The van der Waals surface area contributed by atoms with Crippen LogP contribution in [0, 0.1) is 39.0 Å². The van der Waals surface area contributed by atoms with Gasteiger partial charge in [0, 0.05) is 60.7 Å². The number of nitrogens with one attached hydrogen (secondary N) is 2. The molecular weight excluding hydrogens is 558 g/mol. The number of rotatable bonds is 8. The molecule has 0 unspecified atom stereocenters. The highest BCUT2D eigenvalue weighted by Gasteiger charge is 2.60. The Kier molecular flexibility index (Phi) is 8.10. The van der Waals surface area contributed by atoms with Crippen LogP contribution >= 0.6 is 0 Å². The predicted molar refractivity (Wildman–Crippen MR) is 181 cm³/mol. The smallest absolute Gasteiger partial charge is 0.250 e. The molecule has 1 aliphatic carbocycles. The number of piperidine rings is 1. The van der Waals surface area contributed by atoms with Gasteiger partial charge in [0.05, 0.1) is 0 Å². The second kappa shape index (κ2) is 11.8. The van der Waals surface area contributed by atoms with E-state index in [0.717, 1.165) is 46.5 Å². The van der Waals surface area contributed by atoms with E-state index >= 15 is 0 Å². The Hall–Kier alpha value is -3.97. The number of likely N-dealkylation sites (tertiary alicyclic amines) is 1. The van der Waals surface area contributed by atoms with Crippen LogP contribution in [0.2, 0.25) is 0 Å². The molecule has 2 fully saturated rings. The molecular formula is C38H47N5O2. The molecule has 7 heteroatoms. The zero-order valence-corrected chi connectivity index (χ0v) is 27.8. The Morgan fingerprint density at radius 3 is 2.38 bits per heavy atom. The minimum absolute atomic E-state index is 0.0361. The van der Waals surface area contributed by atoms with E-state index in [1.807, 2.05) is 37.1 Å². The van der Waals surface area contributed by atoms with Crippen molar-refractivity contribution in [3.8, 4) is 0 Å². The Balaban J connectivity index is 1.36. The van der Waals surface area contributed by atoms with E-state index < -0.39 is 5.54 Å². The molecule has 1 saturated carbocycles. The number of hydrogen-bond donors (Lipinski definition) is 2. The van der Waals surface area contributed by atoms with Crippen LogP contribution in [-0.4, -0.2) is 57.3 Å². The Bertz CT molecular complexity index is 1710. The lowest BCUT2D eigenvalue weighted by Crippen LogP contribution is -2.63. The Morgan fingerprint density at radius 2 is 1.71 bits per heavy atom. The molecule has 2 N–H and O–H groups in total. The average Bonchev–Trinajstić information content (AvgIpc) is 3.35. The third-order valence-corrected chi connectivity index (χ3v) is 10.7. The number of amides is 2. The van der Waals surface area contributed by atoms with Crippen molar-refractivity contribution in [1.82, 2.24) is 19.8 Å². The summed E-state index contributed by atoms with van der Waals surface area (Å²) in [7, 11) is 2.09. The maximum absolute atomic E-state index is 14.8. The third kappa shape index (κ3) is 5.67. The molecule has 3 heterocycles. The number of fused-ring (bicyclic) bond motifs is 1. The Labute approximate surface area is 267 Å². The van der Waals surface area contributed by atoms with Gasteiger partial charge in [-0.1, -0.05) is 55.8 Å². The van der Waals surface area contributed by atoms with Gasteiger partial charge in [-0.15, -0.1) is 0 Å². The van der Waals surface area contributed by atoms with Gasteiger partial charge in [0.1, 0.15) is 5.54 Å². The molecule has 4 aromatic rings. The number of anilines is 1. The van der Waals surface area contributed by atoms with E-state index in [-0.39, 0.29) is 29.1 Å². The second-order valence-corrected chi connectivity index (χ2v) is 14.2. The van der Waals surface area contributed by atoms with Crippen molar-refractivity contribution < 1.29 is 9.59 Å². The number of carbonyl (C=O) groups excluding carboxylic acids is 2. The Morgan fingerprint density at radius 1 is 1.02 bits per heavy atom. The number of pyridine rings is 1. The summed E-state index contributed by atoms with van der Waals surface area (Å²) in [5.74, 6) is 0.376. The van der Waals surface area contributed by atoms with Gasteiger partial charge in [-0.2, -0.15) is 0 Å². The van der Waals surface area contributed by atoms with Crippen LogP contribution in [0.25, 0.3) is 10.9 Å². The highest BCUT2D eigenvalue weighted by molar-refractivity contribution is 6.01. The number of carbonyl (C=O) groups is 2. The van der Waals surface area contributed by atoms with Crippen molar-refractivity contribution in [3.05, 3.63) is 94.4 Å². The highest BCUT2D eigenvalue weighted by atomic mass is 16.2. The molecule has 2 aliphatic rings. The molecule has 45 heavy (non-hydrogen) atoms. The number of hydrogen-bond acceptors (Lipinski definition) is 4. The van der Waals surface area contributed by atoms with Crippen molar-refractivity contribution in [1.29, 1.82) is 0 Å². The summed E-state index contributed by atoms with van der Waals surface area (Å²) in [6.07, 6.45) is 5.10. The highest BCUT2D eigenvalue weighted by Crippen LogP contribution is 2.67. The van der Waals surface area contributed by atoms with Crippen molar-refractivity contribution in [2.24, 2.45) is 11.3 Å². The van der Waals surface area contributed by atoms with Gasteiger partial charge in [-0.3, -0.25) is 14.6 Å². The molecule has 2 atom stereocenters. The first kappa shape index (κ1) is 31.0. The molecule has 0 radical (unpaired) electrons. The fourth-order valence-electron chi connectivity index (χ4n) is 8.06. The molecule has 0 bridgehead atoms. The van der Waals surface area contributed by atoms with Crippen LogP contribution in [-0.2, 0) is 16.1 Å². The number of para-hydroxylation sites is 1. The first-order valence-corrected chi connectivity index (χ1v) is 16.3. The summed E-state index contributed by atoms with van der Waals surface area (Å²) in [5.41, 5.74) is 7.62. The van der Waals surface area contributed by atoms with Crippen LogP contribution in [0.3, 0.4) is 0 Å². The van der Waals surface area contributed by atoms with E-state index in [9.17, 15) is 9.59 Å². The van der Waals surface area contributed by atoms with E-state index in [1.54, 1.807) is 6.20 Å². The van der Waals surface area contributed by atoms with Crippen molar-refractivity contribution >= 4 is 28.4 Å². The number of aryl methyl sites for hydroxylation is 4. The van der Waals surface area contributed by atoms with Gasteiger partial charge in [0.25, 0.3) is 0 Å². The number of aromatic nitrogens is 2. The molecule has 2 amide bonds. The fourth-order valence-corrected chi connectivity index (χ4v) is 8.06. The van der Waals surface area contributed by atoms with Crippen molar-refractivity contribution in [2.45, 2.75) is 78.8 Å². The summed E-state index contributed by atoms with van der Waals surface area (Å²) in [6, 6.07) is 16.6. The van der Waals surface area contributed by atoms with Crippen LogP contribution in [0.4, 0.5) is 5.69 Å². The van der Waals surface area contributed by atoms with E-state index in [2.05, 4.69) is 91.3 Å². The number of H-pyrrole nitrogens is 1. The zero-order valence-electron chi connectivity index (χ0n) is 27.8. The minimum atomic E-state index is -0.978. The fraction of sp³-hybridized carbons (Fsp3) is 0.447. The number of benzene rings is 2. The normalized spacial score (nSPS) is 20.6. The van der Waals surface area contributed by atoms with Gasteiger partial charge in [0.2, 0.25) is 11.8 Å². The van der Waals surface area contributed by atoms with Gasteiger partial charge in [-0.05, 0) is 99.2 Å². The SMILES string of the molecule is Cc1cc(C)c(NC(=O)C2(N(Cc3cccnc3)C(=O)C[C@H]3[C@H](c4c(C)[nH]c5ccccc45)C3(C)C)CCN(C)CC2)c(C)c1. The molecule has 2 aromatic carbocycles. The first-order valence-electron chi connectivity index (χ1n) is 16.3. The van der Waals surface area contributed by atoms with E-state index in [4.69, 9.17) is 0 Å². The van der Waals surface area contributed by atoms with Gasteiger partial charge in [-0.25, -0.2) is 0 Å². The largest absolute Gasteiger partial charge is 0.358 e. The lowest BCUT2D eigenvalue weighted by Gasteiger charge is -2.47. The monoisotopic (exact) mass is 605 g/mol. The van der Waals surface area contributed by atoms with Gasteiger partial charge in [0.15, 0.2) is 0 Å². The van der Waals surface area contributed by atoms with E-state index in [0.29, 0.717) is 25.8 Å². The van der Waals surface area contributed by atoms with E-state index in [1.165, 1.54) is 16.6 Å². The van der Waals surface area contributed by atoms with Crippen LogP contribution in [0.15, 0.2) is 60.9 Å². The number of nitrogens with zero attached hydrogens (tertiary/aromatic N) is 3. The van der Waals surface area contributed by atoms with Gasteiger partial charge >= 0.3 is 0 Å². The summed E-state index contributed by atoms with van der Waals surface area (Å²) < 4.78 is 0. The first-order chi connectivity index (χ1) is 21.4. The topological polar surface area (TPSA) is 81.3 Å². The standard InChI is InChI=1S/C38H47N5O2/c1-24-19-25(2)35(26(3)20-24)41-36(45)38(14-17-42(7)18-15-38)43(23-28-11-10-16-39-22-28)32(44)21-30-34(37(30,5)6)33-27(4)40-31-13-9-8-12-29(31)33/h8-13,16,19-20,22,30,34,40H,14-15,17-18,21,23H2,1-7H3,(H,41,45)/t30-,34+/m0/s1. The summed E-state index contributed by atoms with van der Waals surface area (Å²) in [5, 5.41) is 4.57. The van der Waals surface area contributed by atoms with Crippen molar-refractivity contribution in [2.75, 3.05) is 25.5 Å². The third-order valence-electron chi connectivity index (χ3n) is 10.7. The number of aromatic amines is 1. The summed E-state index contributed by atoms with van der Waals surface area (Å²) >= 11 is 0. The van der Waals surface area contributed by atoms with Gasteiger partial charge < -0.3 is 20.1 Å². The molecule has 236 valence electrons. The maximum atomic E-state index is 14.8. The quantitative estimate of drug-likeness (QED) is 0.225. The molecule has 7 nitrogen and oxygen atoms in total. The van der Waals surface area contributed by atoms with Crippen LogP contribution < -0.4 is 5.32 Å². The van der Waals surface area contributed by atoms with Crippen LogP contribution in [0.1, 0.15) is 72.5 Å². The van der Waals surface area contributed by atoms with Crippen molar-refractivity contribution in [3.63, 3.8) is 0 Å².